The van der Waals surface area contributed by atoms with E-state index in [-0.39, 0.29) is 16.5 Å². The zero-order valence-electron chi connectivity index (χ0n) is 25.7. The monoisotopic (exact) mass is 635 g/mol. The van der Waals surface area contributed by atoms with E-state index in [9.17, 15) is 18.5 Å². The maximum Gasteiger partial charge on any atom is 0.269 e. The summed E-state index contributed by atoms with van der Waals surface area (Å²) in [6.45, 7) is 2.24. The fourth-order valence-electron chi connectivity index (χ4n) is 5.07. The lowest BCUT2D eigenvalue weighted by atomic mass is 9.99. The molecule has 1 heterocycles. The van der Waals surface area contributed by atoms with E-state index in [1.54, 1.807) is 12.4 Å². The van der Waals surface area contributed by atoms with Crippen LogP contribution in [0, 0.1) is 10.1 Å². The fourth-order valence-corrected chi connectivity index (χ4v) is 6.06. The van der Waals surface area contributed by atoms with Gasteiger partial charge >= 0.3 is 0 Å². The van der Waals surface area contributed by atoms with Gasteiger partial charge < -0.3 is 0 Å². The van der Waals surface area contributed by atoms with Crippen molar-refractivity contribution in [1.82, 2.24) is 9.66 Å². The molecule has 9 nitrogen and oxygen atoms in total. The van der Waals surface area contributed by atoms with Gasteiger partial charge in [-0.25, -0.2) is 22.8 Å². The van der Waals surface area contributed by atoms with Crippen molar-refractivity contribution in [3.63, 3.8) is 0 Å². The lowest BCUT2D eigenvalue weighted by molar-refractivity contribution is -0.384. The number of benzene rings is 4. The maximum absolute atomic E-state index is 13.2. The largest absolute Gasteiger partial charge is 0.269 e. The molecule has 0 saturated carbocycles. The second-order valence-corrected chi connectivity index (χ2v) is 12.8. The van der Waals surface area contributed by atoms with Gasteiger partial charge in [0.15, 0.2) is 0 Å². The van der Waals surface area contributed by atoms with Gasteiger partial charge in [-0.05, 0) is 47.2 Å². The summed E-state index contributed by atoms with van der Waals surface area (Å²) in [5, 5.41) is 15.5. The van der Waals surface area contributed by atoms with Crippen LogP contribution >= 0.6 is 0 Å². The minimum Gasteiger partial charge on any atom is -0.258 e. The molecule has 0 atom stereocenters. The van der Waals surface area contributed by atoms with Crippen molar-refractivity contribution in [2.24, 2.45) is 5.10 Å². The van der Waals surface area contributed by atoms with Gasteiger partial charge in [0.2, 0.25) is 5.95 Å². The van der Waals surface area contributed by atoms with E-state index in [2.05, 4.69) is 46.0 Å². The van der Waals surface area contributed by atoms with Crippen molar-refractivity contribution in [3.05, 3.63) is 131 Å². The summed E-state index contributed by atoms with van der Waals surface area (Å²) in [7, 11) is -4.12. The highest BCUT2D eigenvalue weighted by Crippen LogP contribution is 2.27. The number of rotatable bonds is 15. The summed E-state index contributed by atoms with van der Waals surface area (Å²) in [4.78, 5) is 14.9. The number of aryl methyl sites for hydroxylation is 1. The highest BCUT2D eigenvalue weighted by Gasteiger charge is 2.20. The molecule has 4 aromatic carbocycles. The van der Waals surface area contributed by atoms with E-state index < -0.39 is 14.9 Å². The van der Waals surface area contributed by atoms with Gasteiger partial charge in [-0.2, -0.15) is 5.10 Å². The molecule has 236 valence electrons. The second kappa shape index (κ2) is 15.3. The van der Waals surface area contributed by atoms with E-state index >= 15 is 0 Å². The molecule has 0 aliphatic carbocycles. The highest BCUT2D eigenvalue weighted by molar-refractivity contribution is 7.92. The van der Waals surface area contributed by atoms with Gasteiger partial charge in [0.05, 0.1) is 27.9 Å². The van der Waals surface area contributed by atoms with E-state index in [1.165, 1.54) is 60.9 Å². The molecule has 0 bridgehead atoms. The molecule has 0 fully saturated rings. The molecule has 10 heteroatoms. The van der Waals surface area contributed by atoms with E-state index in [4.69, 9.17) is 0 Å². The molecule has 5 rings (SSSR count). The first kappa shape index (κ1) is 32.3. The molecule has 0 aliphatic rings. The first-order valence-electron chi connectivity index (χ1n) is 15.5. The van der Waals surface area contributed by atoms with Crippen molar-refractivity contribution in [3.8, 4) is 22.4 Å². The van der Waals surface area contributed by atoms with E-state index in [0.29, 0.717) is 5.69 Å². The summed E-state index contributed by atoms with van der Waals surface area (Å²) in [6, 6.07) is 30.7. The SMILES string of the molecule is CCCCCCCCc1ccc(-c2ccc(-c3cn(/N=C\c4ccccc4)c(NS(=O)(=O)c4ccc([N+](=O)[O-])cc4)n3)cc2)cc1. The highest BCUT2D eigenvalue weighted by atomic mass is 32.2. The first-order chi connectivity index (χ1) is 22.3. The van der Waals surface area contributed by atoms with Crippen molar-refractivity contribution in [1.29, 1.82) is 0 Å². The molecule has 5 aromatic rings. The average Bonchev–Trinajstić information content (AvgIpc) is 3.48. The average molecular weight is 636 g/mol. The Kier molecular flexibility index (Phi) is 10.7. The number of unbranched alkanes of at least 4 members (excludes halogenated alkanes) is 5. The van der Waals surface area contributed by atoms with Crippen molar-refractivity contribution in [2.75, 3.05) is 4.72 Å². The number of nitro benzene ring substituents is 1. The van der Waals surface area contributed by atoms with Crippen LogP contribution in [0.15, 0.2) is 119 Å². The van der Waals surface area contributed by atoms with Crippen LogP contribution in [0.25, 0.3) is 22.4 Å². The van der Waals surface area contributed by atoms with E-state index in [0.717, 1.165) is 40.8 Å². The maximum atomic E-state index is 13.2. The van der Waals surface area contributed by atoms with Crippen LogP contribution in [0.5, 0.6) is 0 Å². The van der Waals surface area contributed by atoms with Gasteiger partial charge in [-0.15, -0.1) is 0 Å². The molecule has 0 aliphatic heterocycles. The topological polar surface area (TPSA) is 119 Å². The molecule has 1 aromatic heterocycles. The summed E-state index contributed by atoms with van der Waals surface area (Å²) < 4.78 is 30.3. The minimum absolute atomic E-state index is 0.0226. The quantitative estimate of drug-likeness (QED) is 0.0534. The van der Waals surface area contributed by atoms with Crippen LogP contribution in [-0.2, 0) is 16.4 Å². The Balaban J connectivity index is 1.34. The summed E-state index contributed by atoms with van der Waals surface area (Å²) in [5.74, 6) is -0.0226. The molecule has 0 radical (unpaired) electrons. The lowest BCUT2D eigenvalue weighted by Crippen LogP contribution is -2.15. The van der Waals surface area contributed by atoms with Gasteiger partial charge in [-0.1, -0.05) is 118 Å². The number of aromatic nitrogens is 2. The number of nitrogens with one attached hydrogen (secondary N) is 1. The Bertz CT molecular complexity index is 1870. The molecule has 0 spiro atoms. The zero-order valence-corrected chi connectivity index (χ0v) is 26.6. The van der Waals surface area contributed by atoms with E-state index in [1.807, 2.05) is 54.6 Å². The molecule has 1 N–H and O–H groups in total. The van der Waals surface area contributed by atoms with Crippen LogP contribution < -0.4 is 4.72 Å². The third-order valence-electron chi connectivity index (χ3n) is 7.69. The summed E-state index contributed by atoms with van der Waals surface area (Å²) in [5.41, 5.74) is 5.46. The predicted octanol–water partition coefficient (Wildman–Crippen LogP) is 8.71. The minimum atomic E-state index is -4.12. The van der Waals surface area contributed by atoms with Crippen LogP contribution in [0.2, 0.25) is 0 Å². The van der Waals surface area contributed by atoms with Crippen LogP contribution in [-0.4, -0.2) is 29.2 Å². The lowest BCUT2D eigenvalue weighted by Gasteiger charge is -2.07. The molecule has 0 unspecified atom stereocenters. The van der Waals surface area contributed by atoms with Gasteiger partial charge in [-0.3, -0.25) is 10.1 Å². The first-order valence-corrected chi connectivity index (χ1v) is 17.0. The van der Waals surface area contributed by atoms with Gasteiger partial charge in [0.25, 0.3) is 15.7 Å². The number of hydrogen-bond acceptors (Lipinski definition) is 6. The summed E-state index contributed by atoms with van der Waals surface area (Å²) in [6.07, 6.45) is 12.1. The third-order valence-corrected chi connectivity index (χ3v) is 9.03. The Labute approximate surface area is 269 Å². The third kappa shape index (κ3) is 8.54. The standard InChI is InChI=1S/C36H37N5O4S/c1-2-3-4-5-6-8-11-28-14-16-30(17-15-28)31-18-20-32(21-19-31)35-27-40(37-26-29-12-9-7-10-13-29)36(38-35)39-46(44,45)34-24-22-33(23-25-34)41(42)43/h7,9-10,12-27H,2-6,8,11H2,1H3,(H,38,39)/b37-26-. The van der Waals surface area contributed by atoms with Crippen molar-refractivity contribution in [2.45, 2.75) is 56.8 Å². The second-order valence-electron chi connectivity index (χ2n) is 11.1. The smallest absolute Gasteiger partial charge is 0.258 e. The van der Waals surface area contributed by atoms with Crippen LogP contribution in [0.1, 0.15) is 56.6 Å². The molecule has 0 amide bonds. The molecular weight excluding hydrogens is 598 g/mol. The van der Waals surface area contributed by atoms with Crippen molar-refractivity contribution < 1.29 is 13.3 Å². The van der Waals surface area contributed by atoms with Crippen molar-refractivity contribution >= 4 is 27.9 Å². The van der Waals surface area contributed by atoms with Crippen LogP contribution in [0.4, 0.5) is 11.6 Å². The molecule has 46 heavy (non-hydrogen) atoms. The molecular formula is C36H37N5O4S. The number of sulfonamides is 1. The normalized spacial score (nSPS) is 11.6. The van der Waals surface area contributed by atoms with Gasteiger partial charge in [0.1, 0.15) is 0 Å². The number of hydrogen-bond donors (Lipinski definition) is 1. The fraction of sp³-hybridized carbons (Fsp3) is 0.222. The Morgan fingerprint density at radius 2 is 1.41 bits per heavy atom. The number of nitrogens with zero attached hydrogens (tertiary/aromatic N) is 4. The van der Waals surface area contributed by atoms with Gasteiger partial charge in [0, 0.05) is 17.7 Å². The Morgan fingerprint density at radius 1 is 0.804 bits per heavy atom. The predicted molar refractivity (Wildman–Crippen MR) is 184 cm³/mol. The van der Waals surface area contributed by atoms with Crippen LogP contribution in [0.3, 0.4) is 0 Å². The number of imidazole rings is 1. The zero-order chi connectivity index (χ0) is 32.4. The molecule has 0 saturated heterocycles. The number of anilines is 1. The number of non-ortho nitro benzene ring substituents is 1. The summed E-state index contributed by atoms with van der Waals surface area (Å²) >= 11 is 0. The number of nitro groups is 1. The Hall–Kier alpha value is -5.09. The Morgan fingerprint density at radius 3 is 2.07 bits per heavy atom.